The van der Waals surface area contributed by atoms with Gasteiger partial charge in [-0.3, -0.25) is 9.59 Å². The predicted octanol–water partition coefficient (Wildman–Crippen LogP) is 1.37. The first-order valence-electron chi connectivity index (χ1n) is 7.81. The van der Waals surface area contributed by atoms with Gasteiger partial charge in [-0.05, 0) is 25.6 Å². The van der Waals surface area contributed by atoms with Crippen LogP contribution in [0.4, 0.5) is 0 Å². The standard InChI is InChI=1S/C17H24N2O3/c1-18-15-12-19(11-9-16(15)20)10-5-8-17(21)22-13-14-6-3-2-4-7-14/h2-4,6-7,15,18H,5,8-13H2,1H3. The minimum absolute atomic E-state index is 0.0706. The third-order valence-electron chi connectivity index (χ3n) is 3.95. The Morgan fingerprint density at radius 1 is 1.36 bits per heavy atom. The van der Waals surface area contributed by atoms with E-state index in [1.165, 1.54) is 0 Å². The van der Waals surface area contributed by atoms with Gasteiger partial charge in [0.1, 0.15) is 6.61 Å². The number of benzene rings is 1. The largest absolute Gasteiger partial charge is 0.461 e. The highest BCUT2D eigenvalue weighted by Gasteiger charge is 2.25. The Kier molecular flexibility index (Phi) is 6.55. The maximum absolute atomic E-state index is 11.7. The van der Waals surface area contributed by atoms with Crippen molar-refractivity contribution < 1.29 is 14.3 Å². The normalized spacial score (nSPS) is 19.1. The van der Waals surface area contributed by atoms with E-state index in [0.29, 0.717) is 19.4 Å². The second-order valence-corrected chi connectivity index (χ2v) is 5.61. The summed E-state index contributed by atoms with van der Waals surface area (Å²) in [6, 6.07) is 9.61. The lowest BCUT2D eigenvalue weighted by Gasteiger charge is -2.31. The number of hydrogen-bond donors (Lipinski definition) is 1. The molecule has 1 aliphatic rings. The Morgan fingerprint density at radius 2 is 2.14 bits per heavy atom. The van der Waals surface area contributed by atoms with Crippen LogP contribution in [0.1, 0.15) is 24.8 Å². The molecule has 1 atom stereocenters. The monoisotopic (exact) mass is 304 g/mol. The van der Waals surface area contributed by atoms with Crippen molar-refractivity contribution in [2.24, 2.45) is 0 Å². The van der Waals surface area contributed by atoms with Gasteiger partial charge in [0.15, 0.2) is 5.78 Å². The van der Waals surface area contributed by atoms with Gasteiger partial charge in [0.25, 0.3) is 0 Å². The fourth-order valence-corrected chi connectivity index (χ4v) is 2.61. The van der Waals surface area contributed by atoms with Crippen LogP contribution >= 0.6 is 0 Å². The molecule has 0 saturated carbocycles. The van der Waals surface area contributed by atoms with Crippen molar-refractivity contribution in [2.75, 3.05) is 26.7 Å². The molecule has 120 valence electrons. The molecule has 2 rings (SSSR count). The quantitative estimate of drug-likeness (QED) is 0.771. The minimum atomic E-state index is -0.165. The lowest BCUT2D eigenvalue weighted by Crippen LogP contribution is -2.50. The van der Waals surface area contributed by atoms with E-state index in [1.54, 1.807) is 0 Å². The highest BCUT2D eigenvalue weighted by Crippen LogP contribution is 2.09. The van der Waals surface area contributed by atoms with E-state index in [2.05, 4.69) is 10.2 Å². The molecule has 0 spiro atoms. The van der Waals surface area contributed by atoms with E-state index in [0.717, 1.165) is 31.6 Å². The van der Waals surface area contributed by atoms with Gasteiger partial charge in [-0.15, -0.1) is 0 Å². The number of ketones is 1. The Morgan fingerprint density at radius 3 is 2.86 bits per heavy atom. The van der Waals surface area contributed by atoms with Gasteiger partial charge in [0.05, 0.1) is 6.04 Å². The molecular weight excluding hydrogens is 280 g/mol. The topological polar surface area (TPSA) is 58.6 Å². The van der Waals surface area contributed by atoms with E-state index in [1.807, 2.05) is 37.4 Å². The number of piperidine rings is 1. The van der Waals surface area contributed by atoms with Crippen LogP contribution in [0, 0.1) is 0 Å². The molecule has 1 saturated heterocycles. The summed E-state index contributed by atoms with van der Waals surface area (Å²) >= 11 is 0. The van der Waals surface area contributed by atoms with E-state index < -0.39 is 0 Å². The zero-order valence-electron chi connectivity index (χ0n) is 13.1. The molecule has 1 aromatic rings. The van der Waals surface area contributed by atoms with Crippen molar-refractivity contribution in [3.63, 3.8) is 0 Å². The Labute approximate surface area is 131 Å². The summed E-state index contributed by atoms with van der Waals surface area (Å²) in [6.45, 7) is 2.68. The van der Waals surface area contributed by atoms with E-state index in [-0.39, 0.29) is 17.8 Å². The third kappa shape index (κ3) is 5.24. The van der Waals surface area contributed by atoms with Gasteiger partial charge >= 0.3 is 5.97 Å². The number of likely N-dealkylation sites (tertiary alicyclic amines) is 1. The van der Waals surface area contributed by atoms with E-state index in [9.17, 15) is 9.59 Å². The molecule has 1 unspecified atom stereocenters. The average molecular weight is 304 g/mol. The molecule has 1 aliphatic heterocycles. The van der Waals surface area contributed by atoms with Gasteiger partial charge in [-0.25, -0.2) is 0 Å². The van der Waals surface area contributed by atoms with E-state index >= 15 is 0 Å². The van der Waals surface area contributed by atoms with Crippen LogP contribution in [0.3, 0.4) is 0 Å². The second-order valence-electron chi connectivity index (χ2n) is 5.61. The zero-order chi connectivity index (χ0) is 15.8. The summed E-state index contributed by atoms with van der Waals surface area (Å²) in [4.78, 5) is 25.6. The number of nitrogens with one attached hydrogen (secondary N) is 1. The summed E-state index contributed by atoms with van der Waals surface area (Å²) in [5, 5.41) is 3.04. The molecule has 1 aromatic carbocycles. The molecule has 0 aromatic heterocycles. The van der Waals surface area contributed by atoms with Crippen LogP contribution in [0.25, 0.3) is 0 Å². The maximum Gasteiger partial charge on any atom is 0.306 e. The molecule has 22 heavy (non-hydrogen) atoms. The molecule has 5 heteroatoms. The average Bonchev–Trinajstić information content (AvgIpc) is 2.55. The first-order valence-corrected chi connectivity index (χ1v) is 7.81. The van der Waals surface area contributed by atoms with Gasteiger partial charge < -0.3 is 15.0 Å². The number of carbonyl (C=O) groups excluding carboxylic acids is 2. The molecule has 0 radical (unpaired) electrons. The minimum Gasteiger partial charge on any atom is -0.461 e. The predicted molar refractivity (Wildman–Crippen MR) is 84.4 cm³/mol. The number of esters is 1. The van der Waals surface area contributed by atoms with Gasteiger partial charge in [0, 0.05) is 25.9 Å². The van der Waals surface area contributed by atoms with Crippen LogP contribution in [0.5, 0.6) is 0 Å². The summed E-state index contributed by atoms with van der Waals surface area (Å²) in [6.07, 6.45) is 1.77. The first-order chi connectivity index (χ1) is 10.7. The number of carbonyl (C=O) groups is 2. The fraction of sp³-hybridized carbons (Fsp3) is 0.529. The lowest BCUT2D eigenvalue weighted by atomic mass is 10.0. The number of nitrogens with zero attached hydrogens (tertiary/aromatic N) is 1. The summed E-state index contributed by atoms with van der Waals surface area (Å²) in [5.74, 6) is 0.114. The number of Topliss-reactive ketones (excluding diaryl/α,β-unsaturated/α-hetero) is 1. The number of hydrogen-bond acceptors (Lipinski definition) is 5. The SMILES string of the molecule is CNC1CN(CCCC(=O)OCc2ccccc2)CCC1=O. The second kappa shape index (κ2) is 8.66. The molecule has 0 amide bonds. The van der Waals surface area contributed by atoms with Crippen molar-refractivity contribution in [2.45, 2.75) is 31.9 Å². The van der Waals surface area contributed by atoms with Crippen LogP contribution in [0.2, 0.25) is 0 Å². The van der Waals surface area contributed by atoms with Crippen LogP contribution in [-0.4, -0.2) is 49.4 Å². The van der Waals surface area contributed by atoms with Gasteiger partial charge in [-0.1, -0.05) is 30.3 Å². The van der Waals surface area contributed by atoms with Gasteiger partial charge in [-0.2, -0.15) is 0 Å². The summed E-state index contributed by atoms with van der Waals surface area (Å²) in [7, 11) is 1.81. The van der Waals surface area contributed by atoms with Crippen LogP contribution in [0.15, 0.2) is 30.3 Å². The van der Waals surface area contributed by atoms with Crippen molar-refractivity contribution in [1.29, 1.82) is 0 Å². The van der Waals surface area contributed by atoms with Crippen molar-refractivity contribution in [3.05, 3.63) is 35.9 Å². The molecule has 1 heterocycles. The van der Waals surface area contributed by atoms with E-state index in [4.69, 9.17) is 4.74 Å². The third-order valence-corrected chi connectivity index (χ3v) is 3.95. The molecular formula is C17H24N2O3. The molecule has 0 bridgehead atoms. The fourth-order valence-electron chi connectivity index (χ4n) is 2.61. The molecule has 1 N–H and O–H groups in total. The zero-order valence-corrected chi connectivity index (χ0v) is 13.1. The molecule has 5 nitrogen and oxygen atoms in total. The molecule has 0 aliphatic carbocycles. The Hall–Kier alpha value is -1.72. The van der Waals surface area contributed by atoms with Crippen molar-refractivity contribution in [1.82, 2.24) is 10.2 Å². The Bertz CT molecular complexity index is 490. The van der Waals surface area contributed by atoms with Crippen LogP contribution < -0.4 is 5.32 Å². The molecule has 1 fully saturated rings. The number of likely N-dealkylation sites (N-methyl/N-ethyl adjacent to an activating group) is 1. The maximum atomic E-state index is 11.7. The summed E-state index contributed by atoms with van der Waals surface area (Å²) in [5.41, 5.74) is 1.00. The smallest absolute Gasteiger partial charge is 0.306 e. The van der Waals surface area contributed by atoms with Crippen molar-refractivity contribution >= 4 is 11.8 Å². The highest BCUT2D eigenvalue weighted by atomic mass is 16.5. The number of rotatable bonds is 7. The summed E-state index contributed by atoms with van der Waals surface area (Å²) < 4.78 is 5.25. The first kappa shape index (κ1) is 16.6. The van der Waals surface area contributed by atoms with Gasteiger partial charge in [0.2, 0.25) is 0 Å². The highest BCUT2D eigenvalue weighted by molar-refractivity contribution is 5.85. The van der Waals surface area contributed by atoms with Crippen LogP contribution in [-0.2, 0) is 20.9 Å². The Balaban J connectivity index is 1.62. The lowest BCUT2D eigenvalue weighted by molar-refractivity contribution is -0.145. The van der Waals surface area contributed by atoms with Crippen molar-refractivity contribution in [3.8, 4) is 0 Å². The number of ether oxygens (including phenoxy) is 1.